The normalized spacial score (nSPS) is 30.4. The van der Waals surface area contributed by atoms with Crippen LogP contribution >= 0.6 is 0 Å². The lowest BCUT2D eigenvalue weighted by Gasteiger charge is -2.19. The molecule has 3 heterocycles. The van der Waals surface area contributed by atoms with Crippen molar-refractivity contribution in [3.8, 4) is 0 Å². The Hall–Kier alpha value is -0.940. The molecule has 0 radical (unpaired) electrons. The Morgan fingerprint density at radius 2 is 2.12 bits per heavy atom. The molecule has 2 fully saturated rings. The molecule has 0 bridgehead atoms. The third kappa shape index (κ3) is 2.50. The molecule has 1 unspecified atom stereocenters. The first kappa shape index (κ1) is 11.2. The first-order valence-electron chi connectivity index (χ1n) is 6.55. The van der Waals surface area contributed by atoms with Crippen molar-refractivity contribution >= 4 is 0 Å². The summed E-state index contributed by atoms with van der Waals surface area (Å²) in [5.41, 5.74) is 0. The molecule has 1 N–H and O–H groups in total. The molecule has 3 rings (SSSR count). The van der Waals surface area contributed by atoms with Crippen molar-refractivity contribution in [2.75, 3.05) is 26.3 Å². The predicted molar refractivity (Wildman–Crippen MR) is 61.9 cm³/mol. The lowest BCUT2D eigenvalue weighted by atomic mass is 9.99. The molecule has 0 aromatic carbocycles. The van der Waals surface area contributed by atoms with Gasteiger partial charge < -0.3 is 14.6 Å². The van der Waals surface area contributed by atoms with Gasteiger partial charge in [0, 0.05) is 19.1 Å². The molecule has 2 aliphatic rings. The molecule has 0 aliphatic carbocycles. The maximum Gasteiger partial charge on any atom is 0.231 e. The second-order valence-electron chi connectivity index (χ2n) is 4.95. The van der Waals surface area contributed by atoms with Crippen molar-refractivity contribution in [2.45, 2.75) is 37.5 Å². The number of piperidine rings is 1. The Balaban J connectivity index is 1.68. The fourth-order valence-electron chi connectivity index (χ4n) is 2.59. The summed E-state index contributed by atoms with van der Waals surface area (Å²) in [7, 11) is 0. The van der Waals surface area contributed by atoms with Crippen LogP contribution in [0.4, 0.5) is 0 Å². The Morgan fingerprint density at radius 3 is 2.88 bits per heavy atom. The van der Waals surface area contributed by atoms with Crippen LogP contribution in [0.2, 0.25) is 0 Å². The average molecular weight is 237 g/mol. The highest BCUT2D eigenvalue weighted by Crippen LogP contribution is 2.26. The van der Waals surface area contributed by atoms with E-state index in [1.807, 2.05) is 0 Å². The zero-order chi connectivity index (χ0) is 11.5. The van der Waals surface area contributed by atoms with E-state index < -0.39 is 0 Å². The molecule has 94 valence electrons. The first-order chi connectivity index (χ1) is 8.43. The molecule has 1 aromatic heterocycles. The highest BCUT2D eigenvalue weighted by molar-refractivity contribution is 5.01. The maximum atomic E-state index is 5.46. The van der Waals surface area contributed by atoms with Crippen LogP contribution in [0.25, 0.3) is 0 Å². The van der Waals surface area contributed by atoms with Crippen LogP contribution in [0.15, 0.2) is 4.52 Å². The SMILES string of the molecule is C1COCC(c2noc([C@@H]3CCCNC3)n2)C1. The van der Waals surface area contributed by atoms with Gasteiger partial charge in [-0.15, -0.1) is 0 Å². The molecule has 5 nitrogen and oxygen atoms in total. The van der Waals surface area contributed by atoms with E-state index in [0.29, 0.717) is 11.8 Å². The summed E-state index contributed by atoms with van der Waals surface area (Å²) in [5.74, 6) is 2.37. The molecule has 2 atom stereocenters. The number of ether oxygens (including phenoxy) is 1. The fourth-order valence-corrected chi connectivity index (χ4v) is 2.59. The second kappa shape index (κ2) is 5.14. The van der Waals surface area contributed by atoms with Gasteiger partial charge in [0.2, 0.25) is 5.89 Å². The first-order valence-corrected chi connectivity index (χ1v) is 6.55. The Morgan fingerprint density at radius 1 is 1.18 bits per heavy atom. The summed E-state index contributed by atoms with van der Waals surface area (Å²) in [5, 5.41) is 7.49. The van der Waals surface area contributed by atoms with E-state index in [1.54, 1.807) is 0 Å². The van der Waals surface area contributed by atoms with Crippen molar-refractivity contribution in [1.29, 1.82) is 0 Å². The minimum atomic E-state index is 0.331. The minimum Gasteiger partial charge on any atom is -0.381 e. The average Bonchev–Trinajstić information content (AvgIpc) is 2.90. The summed E-state index contributed by atoms with van der Waals surface area (Å²) < 4.78 is 10.9. The van der Waals surface area contributed by atoms with Crippen molar-refractivity contribution in [3.63, 3.8) is 0 Å². The van der Waals surface area contributed by atoms with Gasteiger partial charge >= 0.3 is 0 Å². The van der Waals surface area contributed by atoms with E-state index in [-0.39, 0.29) is 0 Å². The van der Waals surface area contributed by atoms with Crippen LogP contribution in [0.3, 0.4) is 0 Å². The smallest absolute Gasteiger partial charge is 0.231 e. The van der Waals surface area contributed by atoms with Gasteiger partial charge in [-0.2, -0.15) is 4.98 Å². The van der Waals surface area contributed by atoms with Gasteiger partial charge in [0.15, 0.2) is 5.82 Å². The van der Waals surface area contributed by atoms with Crippen molar-refractivity contribution in [1.82, 2.24) is 15.5 Å². The van der Waals surface area contributed by atoms with Gasteiger partial charge in [-0.1, -0.05) is 5.16 Å². The van der Waals surface area contributed by atoms with Crippen LogP contribution in [0.1, 0.15) is 49.2 Å². The number of nitrogens with zero attached hydrogens (tertiary/aromatic N) is 2. The Kier molecular flexibility index (Phi) is 3.38. The van der Waals surface area contributed by atoms with Crippen molar-refractivity contribution in [3.05, 3.63) is 11.7 Å². The third-order valence-electron chi connectivity index (χ3n) is 3.63. The van der Waals surface area contributed by atoms with Gasteiger partial charge in [-0.25, -0.2) is 0 Å². The standard InChI is InChI=1S/C12H19N3O2/c1-3-9(7-13-5-1)12-14-11(15-17-12)10-4-2-6-16-8-10/h9-10,13H,1-8H2/t9-,10?/m1/s1. The van der Waals surface area contributed by atoms with Gasteiger partial charge in [-0.3, -0.25) is 0 Å². The number of rotatable bonds is 2. The highest BCUT2D eigenvalue weighted by Gasteiger charge is 2.25. The van der Waals surface area contributed by atoms with Gasteiger partial charge in [0.25, 0.3) is 0 Å². The molecule has 0 amide bonds. The summed E-state index contributed by atoms with van der Waals surface area (Å²) >= 11 is 0. The van der Waals surface area contributed by atoms with Crippen LogP contribution in [0.5, 0.6) is 0 Å². The number of hydrogen-bond donors (Lipinski definition) is 1. The van der Waals surface area contributed by atoms with E-state index in [4.69, 9.17) is 9.26 Å². The van der Waals surface area contributed by atoms with E-state index in [1.165, 1.54) is 6.42 Å². The zero-order valence-electron chi connectivity index (χ0n) is 10.0. The molecule has 0 spiro atoms. The molecule has 2 saturated heterocycles. The molecular weight excluding hydrogens is 218 g/mol. The quantitative estimate of drug-likeness (QED) is 0.843. The summed E-state index contributed by atoms with van der Waals surface area (Å²) in [6.07, 6.45) is 4.55. The number of nitrogens with one attached hydrogen (secondary N) is 1. The summed E-state index contributed by atoms with van der Waals surface area (Å²) in [6.45, 7) is 3.67. The number of aromatic nitrogens is 2. The van der Waals surface area contributed by atoms with Crippen LogP contribution < -0.4 is 5.32 Å². The largest absolute Gasteiger partial charge is 0.381 e. The maximum absolute atomic E-state index is 5.46. The van der Waals surface area contributed by atoms with E-state index >= 15 is 0 Å². The Labute approximate surface area is 101 Å². The Bertz CT molecular complexity index is 322. The molecule has 1 aromatic rings. The molecule has 5 heteroatoms. The molecule has 17 heavy (non-hydrogen) atoms. The monoisotopic (exact) mass is 237 g/mol. The molecular formula is C12H19N3O2. The van der Waals surface area contributed by atoms with Crippen LogP contribution in [0, 0.1) is 0 Å². The third-order valence-corrected chi connectivity index (χ3v) is 3.63. The summed E-state index contributed by atoms with van der Waals surface area (Å²) in [6, 6.07) is 0. The number of hydrogen-bond acceptors (Lipinski definition) is 5. The fraction of sp³-hybridized carbons (Fsp3) is 0.833. The van der Waals surface area contributed by atoms with Gasteiger partial charge in [0.1, 0.15) is 0 Å². The van der Waals surface area contributed by atoms with E-state index in [2.05, 4.69) is 15.5 Å². The molecule has 0 saturated carbocycles. The molecule has 2 aliphatic heterocycles. The lowest BCUT2D eigenvalue weighted by molar-refractivity contribution is 0.0773. The summed E-state index contributed by atoms with van der Waals surface area (Å²) in [4.78, 5) is 4.56. The van der Waals surface area contributed by atoms with Gasteiger partial charge in [0.05, 0.1) is 12.5 Å². The van der Waals surface area contributed by atoms with E-state index in [9.17, 15) is 0 Å². The highest BCUT2D eigenvalue weighted by atomic mass is 16.5. The topological polar surface area (TPSA) is 60.2 Å². The zero-order valence-corrected chi connectivity index (χ0v) is 10.0. The van der Waals surface area contributed by atoms with Gasteiger partial charge in [-0.05, 0) is 32.2 Å². The van der Waals surface area contributed by atoms with Crippen LogP contribution in [-0.2, 0) is 4.74 Å². The van der Waals surface area contributed by atoms with Crippen molar-refractivity contribution < 1.29 is 9.26 Å². The lowest BCUT2D eigenvalue weighted by Crippen LogP contribution is -2.28. The van der Waals surface area contributed by atoms with Crippen LogP contribution in [-0.4, -0.2) is 36.4 Å². The minimum absolute atomic E-state index is 0.331. The van der Waals surface area contributed by atoms with Crippen molar-refractivity contribution in [2.24, 2.45) is 0 Å². The predicted octanol–water partition coefficient (Wildman–Crippen LogP) is 1.43. The second-order valence-corrected chi connectivity index (χ2v) is 4.95. The van der Waals surface area contributed by atoms with E-state index in [0.717, 1.165) is 57.3 Å².